The zero-order valence-corrected chi connectivity index (χ0v) is 15.0. The van der Waals surface area contributed by atoms with E-state index in [0.717, 1.165) is 15.8 Å². The van der Waals surface area contributed by atoms with Crippen LogP contribution in [0.15, 0.2) is 47.5 Å². The van der Waals surface area contributed by atoms with Crippen molar-refractivity contribution in [3.05, 3.63) is 76.0 Å². The Bertz CT molecular complexity index is 1080. The van der Waals surface area contributed by atoms with E-state index >= 15 is 0 Å². The molecule has 1 amide bonds. The van der Waals surface area contributed by atoms with Crippen LogP contribution in [0.25, 0.3) is 5.69 Å². The quantitative estimate of drug-likeness (QED) is 0.670. The smallest absolute Gasteiger partial charge is 0.319 e. The number of hydrogen-bond acceptors (Lipinski definition) is 4. The van der Waals surface area contributed by atoms with E-state index in [-0.39, 0.29) is 18.1 Å². The number of carbonyl (C=O) groups excluding carboxylic acids is 1. The zero-order chi connectivity index (χ0) is 20.4. The number of amides is 1. The third-order valence-corrected chi connectivity index (χ3v) is 4.08. The number of alkyl halides is 2. The highest BCUT2D eigenvalue weighted by Crippen LogP contribution is 2.15. The molecule has 0 bridgehead atoms. The summed E-state index contributed by atoms with van der Waals surface area (Å²) in [4.78, 5) is 29.8. The lowest BCUT2D eigenvalue weighted by Crippen LogP contribution is -2.34. The SMILES string of the molecule is Cc1cc(=O)c(C(=O)N(C)Cc2nccn2C(F)F)nn1-c1ccccc1F. The van der Waals surface area contributed by atoms with Gasteiger partial charge in [-0.25, -0.2) is 14.1 Å². The minimum Gasteiger partial charge on any atom is -0.333 e. The van der Waals surface area contributed by atoms with Crippen molar-refractivity contribution in [1.29, 1.82) is 0 Å². The lowest BCUT2D eigenvalue weighted by Gasteiger charge is -2.18. The number of carbonyl (C=O) groups is 1. The molecule has 0 spiro atoms. The van der Waals surface area contributed by atoms with Gasteiger partial charge in [0.15, 0.2) is 5.69 Å². The van der Waals surface area contributed by atoms with Crippen LogP contribution in [0.4, 0.5) is 13.2 Å². The lowest BCUT2D eigenvalue weighted by atomic mass is 10.2. The van der Waals surface area contributed by atoms with Gasteiger partial charge in [0, 0.05) is 31.2 Å². The summed E-state index contributed by atoms with van der Waals surface area (Å²) in [6.07, 6.45) is 2.28. The summed E-state index contributed by atoms with van der Waals surface area (Å²) < 4.78 is 41.8. The molecule has 2 aromatic heterocycles. The Kier molecular flexibility index (Phi) is 5.30. The van der Waals surface area contributed by atoms with Crippen LogP contribution in [0.1, 0.15) is 28.6 Å². The second-order valence-corrected chi connectivity index (χ2v) is 6.05. The van der Waals surface area contributed by atoms with E-state index in [1.165, 1.54) is 37.5 Å². The van der Waals surface area contributed by atoms with Gasteiger partial charge in [0.25, 0.3) is 5.91 Å². The predicted molar refractivity (Wildman–Crippen MR) is 93.8 cm³/mol. The van der Waals surface area contributed by atoms with E-state index in [4.69, 9.17) is 0 Å². The van der Waals surface area contributed by atoms with Gasteiger partial charge in [-0.15, -0.1) is 0 Å². The molecular formula is C18H16F3N5O2. The van der Waals surface area contributed by atoms with E-state index in [1.807, 2.05) is 0 Å². The molecule has 0 saturated carbocycles. The molecule has 0 fully saturated rings. The summed E-state index contributed by atoms with van der Waals surface area (Å²) in [5.74, 6) is -1.42. The molecule has 28 heavy (non-hydrogen) atoms. The van der Waals surface area contributed by atoms with Crippen molar-refractivity contribution in [1.82, 2.24) is 24.2 Å². The van der Waals surface area contributed by atoms with E-state index in [1.54, 1.807) is 13.0 Å². The molecule has 0 aliphatic carbocycles. The van der Waals surface area contributed by atoms with Crippen LogP contribution in [0.2, 0.25) is 0 Å². The monoisotopic (exact) mass is 391 g/mol. The number of nitrogens with zero attached hydrogens (tertiary/aromatic N) is 5. The number of aromatic nitrogens is 4. The van der Waals surface area contributed by atoms with Gasteiger partial charge in [0.1, 0.15) is 17.3 Å². The Hall–Kier alpha value is -3.43. The summed E-state index contributed by atoms with van der Waals surface area (Å²) in [5, 5.41) is 4.01. The summed E-state index contributed by atoms with van der Waals surface area (Å²) in [7, 11) is 1.33. The molecule has 3 rings (SSSR count). The van der Waals surface area contributed by atoms with Crippen LogP contribution in [-0.4, -0.2) is 37.2 Å². The molecule has 7 nitrogen and oxygen atoms in total. The second-order valence-electron chi connectivity index (χ2n) is 6.05. The summed E-state index contributed by atoms with van der Waals surface area (Å²) >= 11 is 0. The van der Waals surface area contributed by atoms with Gasteiger partial charge in [-0.1, -0.05) is 12.1 Å². The fourth-order valence-electron chi connectivity index (χ4n) is 2.67. The van der Waals surface area contributed by atoms with Crippen molar-refractivity contribution >= 4 is 5.91 Å². The predicted octanol–water partition coefficient (Wildman–Crippen LogP) is 2.54. The molecular weight excluding hydrogens is 375 g/mol. The van der Waals surface area contributed by atoms with Crippen LogP contribution < -0.4 is 5.43 Å². The number of rotatable bonds is 5. The lowest BCUT2D eigenvalue weighted by molar-refractivity contribution is 0.0610. The van der Waals surface area contributed by atoms with Crippen LogP contribution in [0, 0.1) is 12.7 Å². The molecule has 0 radical (unpaired) electrons. The third kappa shape index (κ3) is 3.66. The van der Waals surface area contributed by atoms with Crippen molar-refractivity contribution in [3.63, 3.8) is 0 Å². The molecule has 10 heteroatoms. The van der Waals surface area contributed by atoms with Gasteiger partial charge >= 0.3 is 6.55 Å². The summed E-state index contributed by atoms with van der Waals surface area (Å²) in [6.45, 7) is -1.51. The number of benzene rings is 1. The minimum absolute atomic E-state index is 0.0487. The maximum Gasteiger partial charge on any atom is 0.319 e. The molecule has 0 aliphatic heterocycles. The van der Waals surface area contributed by atoms with Crippen molar-refractivity contribution < 1.29 is 18.0 Å². The van der Waals surface area contributed by atoms with Gasteiger partial charge in [0.2, 0.25) is 5.43 Å². The Labute approximate surface area is 157 Å². The Morgan fingerprint density at radius 1 is 1.29 bits per heavy atom. The molecule has 1 aromatic carbocycles. The normalized spacial score (nSPS) is 11.1. The van der Waals surface area contributed by atoms with Gasteiger partial charge in [0.05, 0.1) is 6.54 Å². The minimum atomic E-state index is -2.81. The van der Waals surface area contributed by atoms with E-state index in [2.05, 4.69) is 10.1 Å². The number of para-hydroxylation sites is 1. The molecule has 146 valence electrons. The molecule has 2 heterocycles. The van der Waals surface area contributed by atoms with Crippen molar-refractivity contribution in [2.75, 3.05) is 7.05 Å². The average molecular weight is 391 g/mol. The standard InChI is InChI=1S/C18H16F3N5O2/c1-11-9-14(27)16(23-26(11)13-6-4-3-5-12(13)19)17(28)24(2)10-15-22-7-8-25(15)18(20)21/h3-9,18H,10H2,1-2H3. The Morgan fingerprint density at radius 3 is 2.68 bits per heavy atom. The van der Waals surface area contributed by atoms with Crippen molar-refractivity contribution in [3.8, 4) is 5.69 Å². The van der Waals surface area contributed by atoms with Gasteiger partial charge in [-0.05, 0) is 19.1 Å². The van der Waals surface area contributed by atoms with Crippen LogP contribution in [-0.2, 0) is 6.54 Å². The van der Waals surface area contributed by atoms with E-state index < -0.39 is 29.4 Å². The number of aryl methyl sites for hydroxylation is 1. The first-order valence-electron chi connectivity index (χ1n) is 8.20. The Morgan fingerprint density at radius 2 is 2.00 bits per heavy atom. The maximum absolute atomic E-state index is 14.1. The molecule has 0 N–H and O–H groups in total. The largest absolute Gasteiger partial charge is 0.333 e. The van der Waals surface area contributed by atoms with Crippen molar-refractivity contribution in [2.45, 2.75) is 20.0 Å². The zero-order valence-electron chi connectivity index (χ0n) is 15.0. The number of hydrogen-bond donors (Lipinski definition) is 0. The topological polar surface area (TPSA) is 73.0 Å². The highest BCUT2D eigenvalue weighted by Gasteiger charge is 2.22. The van der Waals surface area contributed by atoms with Crippen molar-refractivity contribution in [2.24, 2.45) is 0 Å². The summed E-state index contributed by atoms with van der Waals surface area (Å²) in [5.41, 5.74) is -0.696. The fraction of sp³-hybridized carbons (Fsp3) is 0.222. The molecule has 0 aliphatic rings. The van der Waals surface area contributed by atoms with E-state index in [9.17, 15) is 22.8 Å². The van der Waals surface area contributed by atoms with E-state index in [0.29, 0.717) is 10.3 Å². The van der Waals surface area contributed by atoms with Crippen LogP contribution >= 0.6 is 0 Å². The average Bonchev–Trinajstić information content (AvgIpc) is 3.10. The second kappa shape index (κ2) is 7.67. The van der Waals surface area contributed by atoms with Crippen LogP contribution in [0.3, 0.4) is 0 Å². The number of imidazole rings is 1. The highest BCUT2D eigenvalue weighted by atomic mass is 19.3. The first-order chi connectivity index (χ1) is 13.3. The fourth-order valence-corrected chi connectivity index (χ4v) is 2.67. The maximum atomic E-state index is 14.1. The highest BCUT2D eigenvalue weighted by molar-refractivity contribution is 5.91. The van der Waals surface area contributed by atoms with Gasteiger partial charge in [-0.3, -0.25) is 14.2 Å². The Balaban J connectivity index is 1.95. The van der Waals surface area contributed by atoms with Gasteiger partial charge in [-0.2, -0.15) is 13.9 Å². The molecule has 0 unspecified atom stereocenters. The molecule has 0 atom stereocenters. The number of halogens is 3. The van der Waals surface area contributed by atoms with Gasteiger partial charge < -0.3 is 4.90 Å². The first-order valence-corrected chi connectivity index (χ1v) is 8.20. The third-order valence-electron chi connectivity index (χ3n) is 4.08. The first kappa shape index (κ1) is 19.3. The van der Waals surface area contributed by atoms with Crippen LogP contribution in [0.5, 0.6) is 0 Å². The molecule has 0 saturated heterocycles. The summed E-state index contributed by atoms with van der Waals surface area (Å²) in [6, 6.07) is 6.95. The molecule has 3 aromatic rings.